The molecule has 1 aromatic heterocycles. The monoisotopic (exact) mass is 253 g/mol. The van der Waals surface area contributed by atoms with E-state index in [1.807, 2.05) is 0 Å². The summed E-state index contributed by atoms with van der Waals surface area (Å²) in [7, 11) is 0. The van der Waals surface area contributed by atoms with Gasteiger partial charge in [-0.3, -0.25) is 9.59 Å². The van der Waals surface area contributed by atoms with Crippen molar-refractivity contribution in [1.29, 1.82) is 0 Å². The van der Waals surface area contributed by atoms with Gasteiger partial charge in [-0.1, -0.05) is 5.16 Å². The van der Waals surface area contributed by atoms with Gasteiger partial charge in [0.25, 0.3) is 11.7 Å². The largest absolute Gasteiger partial charge is 0.340 e. The average molecular weight is 253 g/mol. The van der Waals surface area contributed by atoms with E-state index < -0.39 is 5.91 Å². The lowest BCUT2D eigenvalue weighted by molar-refractivity contribution is -0.130. The predicted octanol–water partition coefficient (Wildman–Crippen LogP) is -1.46. The van der Waals surface area contributed by atoms with E-state index in [1.54, 1.807) is 11.8 Å². The Labute approximate surface area is 104 Å². The molecule has 2 heterocycles. The van der Waals surface area contributed by atoms with E-state index in [-0.39, 0.29) is 18.3 Å². The molecule has 0 spiro atoms. The maximum absolute atomic E-state index is 11.8. The van der Waals surface area contributed by atoms with Crippen LogP contribution in [0.5, 0.6) is 0 Å². The second kappa shape index (κ2) is 5.58. The van der Waals surface area contributed by atoms with E-state index in [4.69, 9.17) is 0 Å². The standard InChI is InChI=1S/C10H15N5O3/c1-7-13-9(14-18-7)10(17)12-6-8(16)15-4-2-11-3-5-15/h11H,2-6H2,1H3,(H,12,17). The fourth-order valence-corrected chi connectivity index (χ4v) is 1.65. The van der Waals surface area contributed by atoms with Gasteiger partial charge in [-0.15, -0.1) is 0 Å². The Bertz CT molecular complexity index is 438. The van der Waals surface area contributed by atoms with Crippen molar-refractivity contribution < 1.29 is 14.1 Å². The van der Waals surface area contributed by atoms with Crippen LogP contribution in [-0.4, -0.2) is 59.6 Å². The maximum Gasteiger partial charge on any atom is 0.293 e. The number of hydrogen-bond donors (Lipinski definition) is 2. The number of amides is 2. The zero-order chi connectivity index (χ0) is 13.0. The number of nitrogens with one attached hydrogen (secondary N) is 2. The van der Waals surface area contributed by atoms with Crippen molar-refractivity contribution in [3.63, 3.8) is 0 Å². The quantitative estimate of drug-likeness (QED) is 0.683. The van der Waals surface area contributed by atoms with E-state index in [1.165, 1.54) is 0 Å². The van der Waals surface area contributed by atoms with Gasteiger partial charge >= 0.3 is 0 Å². The van der Waals surface area contributed by atoms with E-state index in [0.29, 0.717) is 19.0 Å². The minimum atomic E-state index is -0.504. The number of aromatic nitrogens is 2. The molecule has 0 radical (unpaired) electrons. The average Bonchev–Trinajstić information content (AvgIpc) is 2.83. The van der Waals surface area contributed by atoms with Crippen molar-refractivity contribution in [3.8, 4) is 0 Å². The molecule has 0 aromatic carbocycles. The number of carbonyl (C=O) groups is 2. The second-order valence-corrected chi connectivity index (χ2v) is 3.95. The molecule has 1 aromatic rings. The van der Waals surface area contributed by atoms with Crippen LogP contribution in [0.25, 0.3) is 0 Å². The summed E-state index contributed by atoms with van der Waals surface area (Å²) in [6.07, 6.45) is 0. The van der Waals surface area contributed by atoms with Crippen LogP contribution in [-0.2, 0) is 4.79 Å². The molecule has 1 aliphatic heterocycles. The highest BCUT2D eigenvalue weighted by Crippen LogP contribution is 1.95. The fourth-order valence-electron chi connectivity index (χ4n) is 1.65. The van der Waals surface area contributed by atoms with Crippen LogP contribution >= 0.6 is 0 Å². The Morgan fingerprint density at radius 3 is 2.78 bits per heavy atom. The van der Waals surface area contributed by atoms with Gasteiger partial charge in [0.05, 0.1) is 6.54 Å². The van der Waals surface area contributed by atoms with Crippen LogP contribution in [0.1, 0.15) is 16.5 Å². The summed E-state index contributed by atoms with van der Waals surface area (Å²) >= 11 is 0. The molecule has 98 valence electrons. The third-order valence-corrected chi connectivity index (χ3v) is 2.60. The predicted molar refractivity (Wildman–Crippen MR) is 60.8 cm³/mol. The number of nitrogens with zero attached hydrogens (tertiary/aromatic N) is 3. The van der Waals surface area contributed by atoms with E-state index in [2.05, 4.69) is 25.3 Å². The van der Waals surface area contributed by atoms with Crippen molar-refractivity contribution in [2.75, 3.05) is 32.7 Å². The Kier molecular flexibility index (Phi) is 3.88. The molecular formula is C10H15N5O3. The zero-order valence-electron chi connectivity index (χ0n) is 10.1. The summed E-state index contributed by atoms with van der Waals surface area (Å²) in [6.45, 7) is 4.43. The first-order valence-electron chi connectivity index (χ1n) is 5.74. The van der Waals surface area contributed by atoms with E-state index in [0.717, 1.165) is 13.1 Å². The van der Waals surface area contributed by atoms with Gasteiger partial charge in [-0.25, -0.2) is 0 Å². The van der Waals surface area contributed by atoms with Gasteiger partial charge < -0.3 is 20.1 Å². The van der Waals surface area contributed by atoms with Crippen molar-refractivity contribution in [3.05, 3.63) is 11.7 Å². The minimum Gasteiger partial charge on any atom is -0.340 e. The Hall–Kier alpha value is -1.96. The third kappa shape index (κ3) is 3.04. The number of rotatable bonds is 3. The summed E-state index contributed by atoms with van der Waals surface area (Å²) in [6, 6.07) is 0. The van der Waals surface area contributed by atoms with E-state index in [9.17, 15) is 9.59 Å². The molecule has 0 bridgehead atoms. The van der Waals surface area contributed by atoms with Gasteiger partial charge in [-0.05, 0) is 0 Å². The molecule has 8 nitrogen and oxygen atoms in total. The number of carbonyl (C=O) groups excluding carboxylic acids is 2. The summed E-state index contributed by atoms with van der Waals surface area (Å²) in [4.78, 5) is 28.8. The highest BCUT2D eigenvalue weighted by molar-refractivity contribution is 5.93. The van der Waals surface area contributed by atoms with Crippen LogP contribution in [0.2, 0.25) is 0 Å². The van der Waals surface area contributed by atoms with Gasteiger partial charge in [0, 0.05) is 33.1 Å². The SMILES string of the molecule is Cc1nc(C(=O)NCC(=O)N2CCNCC2)no1. The fraction of sp³-hybridized carbons (Fsp3) is 0.600. The Morgan fingerprint density at radius 2 is 2.17 bits per heavy atom. The molecule has 0 unspecified atom stereocenters. The first kappa shape index (κ1) is 12.5. The van der Waals surface area contributed by atoms with Crippen molar-refractivity contribution in [1.82, 2.24) is 25.7 Å². The molecule has 0 atom stereocenters. The van der Waals surface area contributed by atoms with Gasteiger partial charge in [0.1, 0.15) is 0 Å². The summed E-state index contributed by atoms with van der Waals surface area (Å²) in [5, 5.41) is 9.10. The lowest BCUT2D eigenvalue weighted by Gasteiger charge is -2.27. The number of hydrogen-bond acceptors (Lipinski definition) is 6. The first-order chi connectivity index (χ1) is 8.66. The second-order valence-electron chi connectivity index (χ2n) is 3.95. The molecule has 2 amide bonds. The van der Waals surface area contributed by atoms with Crippen molar-refractivity contribution in [2.45, 2.75) is 6.92 Å². The van der Waals surface area contributed by atoms with Gasteiger partial charge in [0.2, 0.25) is 11.8 Å². The van der Waals surface area contributed by atoms with Crippen LogP contribution in [0.4, 0.5) is 0 Å². The van der Waals surface area contributed by atoms with Gasteiger partial charge in [-0.2, -0.15) is 4.98 Å². The first-order valence-corrected chi connectivity index (χ1v) is 5.74. The molecule has 18 heavy (non-hydrogen) atoms. The molecule has 1 aliphatic rings. The van der Waals surface area contributed by atoms with Crippen LogP contribution in [0, 0.1) is 6.92 Å². The molecule has 2 N–H and O–H groups in total. The topological polar surface area (TPSA) is 100 Å². The Morgan fingerprint density at radius 1 is 1.44 bits per heavy atom. The molecule has 1 fully saturated rings. The molecule has 8 heteroatoms. The lowest BCUT2D eigenvalue weighted by Crippen LogP contribution is -2.49. The van der Waals surface area contributed by atoms with Gasteiger partial charge in [0.15, 0.2) is 0 Å². The van der Waals surface area contributed by atoms with Crippen LogP contribution in [0.3, 0.4) is 0 Å². The third-order valence-electron chi connectivity index (χ3n) is 2.60. The molecular weight excluding hydrogens is 238 g/mol. The normalized spacial score (nSPS) is 15.5. The summed E-state index contributed by atoms with van der Waals surface area (Å²) < 4.78 is 4.68. The van der Waals surface area contributed by atoms with Crippen molar-refractivity contribution >= 4 is 11.8 Å². The maximum atomic E-state index is 11.8. The number of aryl methyl sites for hydroxylation is 1. The minimum absolute atomic E-state index is 0.0492. The molecule has 0 saturated carbocycles. The molecule has 0 aliphatic carbocycles. The highest BCUT2D eigenvalue weighted by Gasteiger charge is 2.18. The van der Waals surface area contributed by atoms with Crippen LogP contribution < -0.4 is 10.6 Å². The lowest BCUT2D eigenvalue weighted by atomic mass is 10.3. The van der Waals surface area contributed by atoms with Crippen molar-refractivity contribution in [2.24, 2.45) is 0 Å². The van der Waals surface area contributed by atoms with Crippen LogP contribution in [0.15, 0.2) is 4.52 Å². The Balaban J connectivity index is 1.80. The zero-order valence-corrected chi connectivity index (χ0v) is 10.1. The van der Waals surface area contributed by atoms with E-state index >= 15 is 0 Å². The highest BCUT2D eigenvalue weighted by atomic mass is 16.5. The molecule has 2 rings (SSSR count). The number of piperazine rings is 1. The summed E-state index contributed by atoms with van der Waals surface area (Å²) in [5.74, 6) is -0.352. The summed E-state index contributed by atoms with van der Waals surface area (Å²) in [5.41, 5.74) is 0. The smallest absolute Gasteiger partial charge is 0.293 e. The molecule has 1 saturated heterocycles.